The lowest BCUT2D eigenvalue weighted by Crippen LogP contribution is -2.18. The third-order valence-corrected chi connectivity index (χ3v) is 5.20. The van der Waals surface area contributed by atoms with Crippen LogP contribution in [-0.2, 0) is 4.74 Å². The third kappa shape index (κ3) is 3.12. The van der Waals surface area contributed by atoms with Gasteiger partial charge in [-0.3, -0.25) is 4.98 Å². The maximum atomic E-state index is 6.18. The van der Waals surface area contributed by atoms with Gasteiger partial charge in [0.25, 0.3) is 0 Å². The lowest BCUT2D eigenvalue weighted by Gasteiger charge is -2.16. The smallest absolute Gasteiger partial charge is 0.147 e. The SMILES string of the molecule is Nc1ncnc2c1ccn2[C@H]1CC[C@@H](COc2ccc3cc(Cl)cnc3c2)O1. The predicted octanol–water partition coefficient (Wildman–Crippen LogP) is 3.97. The molecule has 1 fully saturated rings. The van der Waals surface area contributed by atoms with E-state index in [-0.39, 0.29) is 12.3 Å². The summed E-state index contributed by atoms with van der Waals surface area (Å²) in [6, 6.07) is 9.60. The van der Waals surface area contributed by atoms with Gasteiger partial charge in [0, 0.05) is 23.8 Å². The number of nitrogen functional groups attached to an aromatic ring is 1. The summed E-state index contributed by atoms with van der Waals surface area (Å²) in [5, 5.41) is 2.45. The Morgan fingerprint density at radius 3 is 3.04 bits per heavy atom. The predicted molar refractivity (Wildman–Crippen MR) is 107 cm³/mol. The summed E-state index contributed by atoms with van der Waals surface area (Å²) in [7, 11) is 0. The Hall–Kier alpha value is -2.90. The Bertz CT molecular complexity index is 1160. The van der Waals surface area contributed by atoms with E-state index in [0.29, 0.717) is 17.4 Å². The maximum Gasteiger partial charge on any atom is 0.147 e. The number of pyridine rings is 1. The zero-order valence-corrected chi connectivity index (χ0v) is 15.7. The minimum atomic E-state index is -0.0826. The van der Waals surface area contributed by atoms with Crippen LogP contribution >= 0.6 is 11.6 Å². The minimum absolute atomic E-state index is 0.00973. The molecule has 1 saturated heterocycles. The van der Waals surface area contributed by atoms with Gasteiger partial charge in [-0.25, -0.2) is 9.97 Å². The molecule has 7 nitrogen and oxygen atoms in total. The number of ether oxygens (including phenoxy) is 2. The average Bonchev–Trinajstić information content (AvgIpc) is 3.33. The summed E-state index contributed by atoms with van der Waals surface area (Å²) >= 11 is 5.98. The Balaban J connectivity index is 1.26. The number of hydrogen-bond acceptors (Lipinski definition) is 6. The lowest BCUT2D eigenvalue weighted by molar-refractivity contribution is -0.0156. The van der Waals surface area contributed by atoms with E-state index in [2.05, 4.69) is 15.0 Å². The monoisotopic (exact) mass is 395 g/mol. The van der Waals surface area contributed by atoms with E-state index in [0.717, 1.165) is 40.5 Å². The fraction of sp³-hybridized carbons (Fsp3) is 0.250. The summed E-state index contributed by atoms with van der Waals surface area (Å²) in [4.78, 5) is 12.7. The van der Waals surface area contributed by atoms with Crippen molar-refractivity contribution < 1.29 is 9.47 Å². The van der Waals surface area contributed by atoms with Crippen LogP contribution in [0.5, 0.6) is 5.75 Å². The van der Waals surface area contributed by atoms with E-state index in [1.807, 2.05) is 41.1 Å². The van der Waals surface area contributed by atoms with Crippen molar-refractivity contribution >= 4 is 39.4 Å². The number of aromatic nitrogens is 4. The molecule has 8 heteroatoms. The molecule has 4 aromatic rings. The molecular formula is C20H18ClN5O2. The molecule has 28 heavy (non-hydrogen) atoms. The van der Waals surface area contributed by atoms with Gasteiger partial charge in [0.1, 0.15) is 36.4 Å². The topological polar surface area (TPSA) is 88.1 Å². The van der Waals surface area contributed by atoms with Gasteiger partial charge in [0.15, 0.2) is 0 Å². The van der Waals surface area contributed by atoms with Crippen molar-refractivity contribution in [1.82, 2.24) is 19.5 Å². The zero-order valence-electron chi connectivity index (χ0n) is 15.0. The second-order valence-electron chi connectivity index (χ2n) is 6.83. The van der Waals surface area contributed by atoms with Crippen LogP contribution in [0.2, 0.25) is 5.02 Å². The Morgan fingerprint density at radius 1 is 1.18 bits per heavy atom. The fourth-order valence-electron chi connectivity index (χ4n) is 3.59. The summed E-state index contributed by atoms with van der Waals surface area (Å²) in [6.45, 7) is 0.478. The Morgan fingerprint density at radius 2 is 2.11 bits per heavy atom. The van der Waals surface area contributed by atoms with Gasteiger partial charge in [-0.1, -0.05) is 11.6 Å². The second-order valence-corrected chi connectivity index (χ2v) is 7.26. The lowest BCUT2D eigenvalue weighted by atomic mass is 10.2. The van der Waals surface area contributed by atoms with Crippen LogP contribution in [0, 0.1) is 0 Å². The molecule has 2 N–H and O–H groups in total. The summed E-state index contributed by atoms with van der Waals surface area (Å²) < 4.78 is 14.1. The van der Waals surface area contributed by atoms with E-state index in [1.165, 1.54) is 6.33 Å². The largest absolute Gasteiger partial charge is 0.491 e. The number of anilines is 1. The highest BCUT2D eigenvalue weighted by Gasteiger charge is 2.28. The highest BCUT2D eigenvalue weighted by atomic mass is 35.5. The molecule has 0 spiro atoms. The minimum Gasteiger partial charge on any atom is -0.491 e. The quantitative estimate of drug-likeness (QED) is 0.562. The number of rotatable bonds is 4. The molecule has 3 aromatic heterocycles. The first-order valence-electron chi connectivity index (χ1n) is 9.08. The Kier molecular flexibility index (Phi) is 4.26. The van der Waals surface area contributed by atoms with Gasteiger partial charge in [-0.15, -0.1) is 0 Å². The van der Waals surface area contributed by atoms with Crippen molar-refractivity contribution in [3.8, 4) is 5.75 Å². The molecule has 2 atom stereocenters. The van der Waals surface area contributed by atoms with Crippen molar-refractivity contribution in [1.29, 1.82) is 0 Å². The van der Waals surface area contributed by atoms with Crippen molar-refractivity contribution in [3.63, 3.8) is 0 Å². The number of nitrogens with zero attached hydrogens (tertiary/aromatic N) is 4. The molecule has 0 aliphatic carbocycles. The van der Waals surface area contributed by atoms with E-state index in [1.54, 1.807) is 6.20 Å². The van der Waals surface area contributed by atoms with Gasteiger partial charge in [0.2, 0.25) is 0 Å². The van der Waals surface area contributed by atoms with E-state index in [4.69, 9.17) is 26.8 Å². The first-order chi connectivity index (χ1) is 13.7. The normalized spacial score (nSPS) is 19.5. The molecule has 0 unspecified atom stereocenters. The van der Waals surface area contributed by atoms with Gasteiger partial charge in [0.05, 0.1) is 22.0 Å². The highest BCUT2D eigenvalue weighted by Crippen LogP contribution is 2.32. The van der Waals surface area contributed by atoms with E-state index < -0.39 is 0 Å². The molecule has 142 valence electrons. The molecule has 5 rings (SSSR count). The van der Waals surface area contributed by atoms with Crippen molar-refractivity contribution in [2.45, 2.75) is 25.2 Å². The van der Waals surface area contributed by atoms with Crippen molar-refractivity contribution in [2.75, 3.05) is 12.3 Å². The van der Waals surface area contributed by atoms with E-state index in [9.17, 15) is 0 Å². The molecule has 4 heterocycles. The van der Waals surface area contributed by atoms with Gasteiger partial charge in [-0.05, 0) is 37.1 Å². The number of fused-ring (bicyclic) bond motifs is 2. The average molecular weight is 396 g/mol. The van der Waals surface area contributed by atoms with Crippen LogP contribution in [-0.4, -0.2) is 32.2 Å². The van der Waals surface area contributed by atoms with Crippen LogP contribution in [0.25, 0.3) is 21.9 Å². The summed E-state index contributed by atoms with van der Waals surface area (Å²) in [5.41, 5.74) is 7.56. The molecular weight excluding hydrogens is 378 g/mol. The van der Waals surface area contributed by atoms with Gasteiger partial charge < -0.3 is 19.8 Å². The Labute approximate surface area is 166 Å². The molecule has 1 aromatic carbocycles. The number of benzene rings is 1. The van der Waals surface area contributed by atoms with E-state index >= 15 is 0 Å². The molecule has 0 saturated carbocycles. The van der Waals surface area contributed by atoms with Crippen LogP contribution < -0.4 is 10.5 Å². The van der Waals surface area contributed by atoms with Crippen LogP contribution in [0.4, 0.5) is 5.82 Å². The number of nitrogens with two attached hydrogens (primary N) is 1. The first-order valence-corrected chi connectivity index (χ1v) is 9.46. The van der Waals surface area contributed by atoms with Crippen LogP contribution in [0.15, 0.2) is 49.1 Å². The number of hydrogen-bond donors (Lipinski definition) is 1. The fourth-order valence-corrected chi connectivity index (χ4v) is 3.76. The maximum absolute atomic E-state index is 6.18. The molecule has 0 bridgehead atoms. The number of halogens is 1. The molecule has 1 aliphatic heterocycles. The van der Waals surface area contributed by atoms with Crippen LogP contribution in [0.3, 0.4) is 0 Å². The second kappa shape index (κ2) is 6.92. The van der Waals surface area contributed by atoms with Gasteiger partial charge >= 0.3 is 0 Å². The van der Waals surface area contributed by atoms with Crippen molar-refractivity contribution in [2.24, 2.45) is 0 Å². The summed E-state index contributed by atoms with van der Waals surface area (Å²) in [6.07, 6.45) is 6.78. The highest BCUT2D eigenvalue weighted by molar-refractivity contribution is 6.31. The van der Waals surface area contributed by atoms with Gasteiger partial charge in [-0.2, -0.15) is 0 Å². The standard InChI is InChI=1S/C20H18ClN5O2/c21-13-7-12-1-2-14(8-17(12)23-9-13)27-10-15-3-4-18(28-15)26-6-5-16-19(22)24-11-25-20(16)26/h1-2,5-9,11,15,18H,3-4,10H2,(H2,22,24,25)/t15-,18+/m0/s1. The zero-order chi connectivity index (χ0) is 19.1. The molecule has 0 amide bonds. The molecule has 1 aliphatic rings. The van der Waals surface area contributed by atoms with Crippen LogP contribution in [0.1, 0.15) is 19.1 Å². The first kappa shape index (κ1) is 17.2. The summed E-state index contributed by atoms with van der Waals surface area (Å²) in [5.74, 6) is 1.24. The third-order valence-electron chi connectivity index (χ3n) is 4.99. The van der Waals surface area contributed by atoms with Crippen molar-refractivity contribution in [3.05, 3.63) is 54.1 Å². The molecule has 0 radical (unpaired) electrons.